The predicted molar refractivity (Wildman–Crippen MR) is 126 cm³/mol. The fourth-order valence-electron chi connectivity index (χ4n) is 4.30. The lowest BCUT2D eigenvalue weighted by molar-refractivity contribution is 0.0737. The van der Waals surface area contributed by atoms with E-state index in [1.54, 1.807) is 42.6 Å². The van der Waals surface area contributed by atoms with Gasteiger partial charge in [0.05, 0.1) is 13.2 Å². The summed E-state index contributed by atoms with van der Waals surface area (Å²) in [4.78, 5) is 19.5. The minimum absolute atomic E-state index is 0.0447. The number of aromatic nitrogens is 2. The quantitative estimate of drug-likeness (QED) is 0.429. The number of hydrogen-bond acceptors (Lipinski definition) is 4. The molecule has 1 saturated heterocycles. The van der Waals surface area contributed by atoms with E-state index in [2.05, 4.69) is 17.2 Å². The van der Waals surface area contributed by atoms with E-state index in [0.29, 0.717) is 37.6 Å². The topological polar surface area (TPSA) is 56.1 Å². The van der Waals surface area contributed by atoms with Gasteiger partial charge in [0.1, 0.15) is 23.8 Å². The first kappa shape index (κ1) is 22.1. The Morgan fingerprint density at radius 1 is 1.12 bits per heavy atom. The monoisotopic (exact) mass is 459 g/mol. The molecule has 0 saturated carbocycles. The minimum atomic E-state index is -0.298. The lowest BCUT2D eigenvalue weighted by Crippen LogP contribution is -2.36. The third-order valence-electron chi connectivity index (χ3n) is 5.97. The fourth-order valence-corrected chi connectivity index (χ4v) is 4.30. The first-order valence-corrected chi connectivity index (χ1v) is 11.4. The van der Waals surface area contributed by atoms with E-state index < -0.39 is 0 Å². The third kappa shape index (κ3) is 5.26. The number of ether oxygens (including phenoxy) is 2. The van der Waals surface area contributed by atoms with Gasteiger partial charge >= 0.3 is 0 Å². The SMILES string of the molecule is O=C(c1cccc(OCc2cccc(F)c2)c1)N1CCOCC(Cc2ccc3nccn3c2)C1. The molecule has 0 radical (unpaired) electrons. The van der Waals surface area contributed by atoms with Crippen molar-refractivity contribution in [3.8, 4) is 5.75 Å². The molecule has 2 aromatic heterocycles. The van der Waals surface area contributed by atoms with Crippen molar-refractivity contribution in [2.45, 2.75) is 13.0 Å². The Kier molecular flexibility index (Phi) is 6.53. The molecule has 4 aromatic rings. The van der Waals surface area contributed by atoms with Crippen LogP contribution < -0.4 is 4.74 Å². The number of halogens is 1. The van der Waals surface area contributed by atoms with Crippen molar-refractivity contribution in [1.82, 2.24) is 14.3 Å². The number of pyridine rings is 1. The summed E-state index contributed by atoms with van der Waals surface area (Å²) in [7, 11) is 0. The summed E-state index contributed by atoms with van der Waals surface area (Å²) < 4.78 is 27.0. The van der Waals surface area contributed by atoms with Crippen molar-refractivity contribution < 1.29 is 18.7 Å². The summed E-state index contributed by atoms with van der Waals surface area (Å²) in [5.41, 5.74) is 3.40. The van der Waals surface area contributed by atoms with Crippen molar-refractivity contribution in [3.63, 3.8) is 0 Å². The molecule has 1 aliphatic heterocycles. The molecule has 1 aliphatic rings. The smallest absolute Gasteiger partial charge is 0.254 e. The molecule has 6 nitrogen and oxygen atoms in total. The van der Waals surface area contributed by atoms with Crippen LogP contribution in [-0.2, 0) is 17.8 Å². The zero-order valence-corrected chi connectivity index (χ0v) is 18.8. The van der Waals surface area contributed by atoms with Crippen molar-refractivity contribution in [1.29, 1.82) is 0 Å². The molecule has 2 aromatic carbocycles. The maximum absolute atomic E-state index is 13.4. The Bertz CT molecular complexity index is 1290. The summed E-state index contributed by atoms with van der Waals surface area (Å²) in [6.45, 7) is 2.52. The summed E-state index contributed by atoms with van der Waals surface area (Å²) in [6, 6.07) is 17.5. The summed E-state index contributed by atoms with van der Waals surface area (Å²) in [5.74, 6) is 0.427. The summed E-state index contributed by atoms with van der Waals surface area (Å²) in [6.07, 6.45) is 6.61. The van der Waals surface area contributed by atoms with Crippen LogP contribution in [0.15, 0.2) is 79.3 Å². The number of benzene rings is 2. The van der Waals surface area contributed by atoms with Crippen LogP contribution in [-0.4, -0.2) is 46.5 Å². The molecule has 7 heteroatoms. The minimum Gasteiger partial charge on any atom is -0.489 e. The van der Waals surface area contributed by atoms with Gasteiger partial charge in [-0.15, -0.1) is 0 Å². The van der Waals surface area contributed by atoms with Crippen LogP contribution in [0.5, 0.6) is 5.75 Å². The van der Waals surface area contributed by atoms with Gasteiger partial charge in [0.15, 0.2) is 0 Å². The summed E-state index contributed by atoms with van der Waals surface area (Å²) in [5, 5.41) is 0. The molecule has 1 fully saturated rings. The number of amides is 1. The highest BCUT2D eigenvalue weighted by Crippen LogP contribution is 2.20. The van der Waals surface area contributed by atoms with Crippen LogP contribution in [0.1, 0.15) is 21.5 Å². The highest BCUT2D eigenvalue weighted by molar-refractivity contribution is 5.94. The number of fused-ring (bicyclic) bond motifs is 1. The van der Waals surface area contributed by atoms with Crippen molar-refractivity contribution in [2.75, 3.05) is 26.3 Å². The molecule has 174 valence electrons. The number of carbonyl (C=O) groups excluding carboxylic acids is 1. The van der Waals surface area contributed by atoms with Crippen LogP contribution in [0.25, 0.3) is 5.65 Å². The lowest BCUT2D eigenvalue weighted by Gasteiger charge is -2.24. The molecule has 0 aliphatic carbocycles. The van der Waals surface area contributed by atoms with E-state index in [1.807, 2.05) is 21.6 Å². The van der Waals surface area contributed by atoms with Gasteiger partial charge in [-0.3, -0.25) is 4.79 Å². The second kappa shape index (κ2) is 10.1. The Labute approximate surface area is 197 Å². The fraction of sp³-hybridized carbons (Fsp3) is 0.259. The third-order valence-corrected chi connectivity index (χ3v) is 5.97. The number of imidazole rings is 1. The molecule has 0 spiro atoms. The first-order valence-electron chi connectivity index (χ1n) is 11.4. The summed E-state index contributed by atoms with van der Waals surface area (Å²) >= 11 is 0. The van der Waals surface area contributed by atoms with Crippen LogP contribution in [0, 0.1) is 11.7 Å². The van der Waals surface area contributed by atoms with Gasteiger partial charge in [-0.2, -0.15) is 0 Å². The molecule has 3 heterocycles. The highest BCUT2D eigenvalue weighted by atomic mass is 19.1. The van der Waals surface area contributed by atoms with Gasteiger partial charge in [-0.05, 0) is 53.9 Å². The predicted octanol–water partition coefficient (Wildman–Crippen LogP) is 4.38. The van der Waals surface area contributed by atoms with E-state index >= 15 is 0 Å². The molecular formula is C27H26FN3O3. The second-order valence-corrected chi connectivity index (χ2v) is 8.57. The van der Waals surface area contributed by atoms with Crippen molar-refractivity contribution in [3.05, 3.63) is 102 Å². The van der Waals surface area contributed by atoms with E-state index in [0.717, 1.165) is 17.6 Å². The number of carbonyl (C=O) groups is 1. The van der Waals surface area contributed by atoms with Crippen LogP contribution >= 0.6 is 0 Å². The first-order chi connectivity index (χ1) is 16.6. The lowest BCUT2D eigenvalue weighted by atomic mass is 10.0. The molecule has 1 atom stereocenters. The van der Waals surface area contributed by atoms with Crippen LogP contribution in [0.2, 0.25) is 0 Å². The van der Waals surface area contributed by atoms with Gasteiger partial charge in [0.25, 0.3) is 5.91 Å². The average Bonchev–Trinajstić information content (AvgIpc) is 3.20. The zero-order valence-electron chi connectivity index (χ0n) is 18.8. The van der Waals surface area contributed by atoms with Crippen molar-refractivity contribution >= 4 is 11.6 Å². The second-order valence-electron chi connectivity index (χ2n) is 8.57. The molecule has 0 N–H and O–H groups in total. The van der Waals surface area contributed by atoms with Crippen LogP contribution in [0.3, 0.4) is 0 Å². The van der Waals surface area contributed by atoms with Crippen LogP contribution in [0.4, 0.5) is 4.39 Å². The van der Waals surface area contributed by atoms with Crippen molar-refractivity contribution in [2.24, 2.45) is 5.92 Å². The van der Waals surface area contributed by atoms with Gasteiger partial charge in [0, 0.05) is 43.2 Å². The van der Waals surface area contributed by atoms with Gasteiger partial charge < -0.3 is 18.8 Å². The average molecular weight is 460 g/mol. The normalized spacial score (nSPS) is 16.4. The van der Waals surface area contributed by atoms with Gasteiger partial charge in [0.2, 0.25) is 0 Å². The van der Waals surface area contributed by atoms with Gasteiger partial charge in [-0.1, -0.05) is 24.3 Å². The van der Waals surface area contributed by atoms with E-state index in [4.69, 9.17) is 9.47 Å². The Hall–Kier alpha value is -3.71. The zero-order chi connectivity index (χ0) is 23.3. The maximum Gasteiger partial charge on any atom is 0.254 e. The molecule has 5 rings (SSSR count). The molecule has 1 unspecified atom stereocenters. The Morgan fingerprint density at radius 3 is 2.94 bits per heavy atom. The van der Waals surface area contributed by atoms with E-state index in [-0.39, 0.29) is 24.2 Å². The molecule has 0 bridgehead atoms. The van der Waals surface area contributed by atoms with E-state index in [1.165, 1.54) is 17.7 Å². The molecule has 34 heavy (non-hydrogen) atoms. The highest BCUT2D eigenvalue weighted by Gasteiger charge is 2.24. The number of nitrogens with zero attached hydrogens (tertiary/aromatic N) is 3. The largest absolute Gasteiger partial charge is 0.489 e. The number of rotatable bonds is 6. The molecular weight excluding hydrogens is 433 g/mol. The molecule has 1 amide bonds. The Morgan fingerprint density at radius 2 is 2.03 bits per heavy atom. The Balaban J connectivity index is 1.25. The maximum atomic E-state index is 13.4. The van der Waals surface area contributed by atoms with E-state index in [9.17, 15) is 9.18 Å². The van der Waals surface area contributed by atoms with Gasteiger partial charge in [-0.25, -0.2) is 9.37 Å². The number of hydrogen-bond donors (Lipinski definition) is 0. The standard InChI is InChI=1S/C27H26FN3O3/c28-24-5-1-3-21(14-24)19-34-25-6-2-4-23(15-25)27(32)31-11-12-33-18-22(17-31)13-20-7-8-26-29-9-10-30(26)16-20/h1-10,14-16,22H,11-13,17-19H2.